The Balaban J connectivity index is 1.65. The molecule has 2 heterocycles. The summed E-state index contributed by atoms with van der Waals surface area (Å²) in [4.78, 5) is 6.01. The van der Waals surface area contributed by atoms with Crippen LogP contribution in [-0.4, -0.2) is 15.3 Å². The van der Waals surface area contributed by atoms with E-state index in [0.29, 0.717) is 22.4 Å². The summed E-state index contributed by atoms with van der Waals surface area (Å²) in [6.07, 6.45) is 0. The van der Waals surface area contributed by atoms with Gasteiger partial charge in [-0.05, 0) is 73.2 Å². The second-order valence-corrected chi connectivity index (χ2v) is 8.18. The van der Waals surface area contributed by atoms with Gasteiger partial charge in [-0.15, -0.1) is 0 Å². The van der Waals surface area contributed by atoms with Crippen molar-refractivity contribution in [1.82, 2.24) is 15.5 Å². The minimum Gasteiger partial charge on any atom is -0.351 e. The summed E-state index contributed by atoms with van der Waals surface area (Å²) in [5.41, 5.74) is 2.50. The van der Waals surface area contributed by atoms with Gasteiger partial charge in [0.05, 0.1) is 17.3 Å². The molecule has 0 spiro atoms. The van der Waals surface area contributed by atoms with Gasteiger partial charge in [-0.25, -0.2) is 17.6 Å². The zero-order chi connectivity index (χ0) is 24.7. The molecule has 35 heavy (non-hydrogen) atoms. The normalized spacial score (nSPS) is 16.0. The Kier molecular flexibility index (Phi) is 5.81. The monoisotopic (exact) mass is 496 g/mol. The quantitative estimate of drug-likeness (QED) is 0.270. The van der Waals surface area contributed by atoms with Crippen molar-refractivity contribution in [2.24, 2.45) is 0 Å². The van der Waals surface area contributed by atoms with Crippen LogP contribution in [-0.2, 0) is 0 Å². The van der Waals surface area contributed by atoms with Gasteiger partial charge in [0.2, 0.25) is 5.82 Å². The highest BCUT2D eigenvalue weighted by Gasteiger charge is 2.35. The van der Waals surface area contributed by atoms with Crippen molar-refractivity contribution in [3.8, 4) is 11.4 Å². The molecule has 0 bridgehead atoms. The second kappa shape index (κ2) is 8.95. The van der Waals surface area contributed by atoms with Gasteiger partial charge in [0.15, 0.2) is 16.7 Å². The average Bonchev–Trinajstić information content (AvgIpc) is 3.31. The zero-order valence-electron chi connectivity index (χ0n) is 18.1. The molecule has 3 aromatic carbocycles. The van der Waals surface area contributed by atoms with Gasteiger partial charge < -0.3 is 9.84 Å². The van der Waals surface area contributed by atoms with Gasteiger partial charge in [0, 0.05) is 17.3 Å². The highest BCUT2D eigenvalue weighted by atomic mass is 32.1. The van der Waals surface area contributed by atoms with Crippen molar-refractivity contribution < 1.29 is 22.1 Å². The van der Waals surface area contributed by atoms with Crippen molar-refractivity contribution >= 4 is 28.6 Å². The molecule has 176 valence electrons. The lowest BCUT2D eigenvalue weighted by Crippen LogP contribution is -2.46. The molecule has 1 atom stereocenters. The fourth-order valence-corrected chi connectivity index (χ4v) is 4.27. The molecule has 0 fully saturated rings. The molecular weight excluding hydrogens is 480 g/mol. The van der Waals surface area contributed by atoms with Gasteiger partial charge >= 0.3 is 0 Å². The van der Waals surface area contributed by atoms with Crippen LogP contribution < -0.4 is 10.2 Å². The highest BCUT2D eigenvalue weighted by Crippen LogP contribution is 2.39. The van der Waals surface area contributed by atoms with E-state index in [1.165, 1.54) is 47.4 Å². The number of anilines is 1. The van der Waals surface area contributed by atoms with E-state index in [-0.39, 0.29) is 22.5 Å². The molecule has 1 aromatic heterocycles. The molecule has 0 amide bonds. The van der Waals surface area contributed by atoms with Crippen LogP contribution in [0.5, 0.6) is 0 Å². The van der Waals surface area contributed by atoms with Crippen LogP contribution in [0.2, 0.25) is 0 Å². The predicted molar refractivity (Wildman–Crippen MR) is 126 cm³/mol. The molecule has 0 radical (unpaired) electrons. The van der Waals surface area contributed by atoms with Crippen LogP contribution in [0.4, 0.5) is 23.2 Å². The summed E-state index contributed by atoms with van der Waals surface area (Å²) >= 11 is 5.55. The van der Waals surface area contributed by atoms with Crippen molar-refractivity contribution in [1.29, 1.82) is 0 Å². The van der Waals surface area contributed by atoms with E-state index in [9.17, 15) is 17.6 Å². The van der Waals surface area contributed by atoms with Crippen LogP contribution in [0.15, 0.2) is 77.0 Å². The number of aromatic nitrogens is 2. The number of nitrogens with one attached hydrogen (secondary N) is 1. The number of benzene rings is 3. The number of hydrogen-bond donors (Lipinski definition) is 1. The third kappa shape index (κ3) is 4.28. The Bertz CT molecular complexity index is 1450. The van der Waals surface area contributed by atoms with Crippen molar-refractivity contribution in [2.45, 2.75) is 13.0 Å². The number of rotatable bonds is 4. The van der Waals surface area contributed by atoms with Crippen LogP contribution >= 0.6 is 12.2 Å². The Morgan fingerprint density at radius 2 is 1.54 bits per heavy atom. The summed E-state index contributed by atoms with van der Waals surface area (Å²) in [7, 11) is 0. The summed E-state index contributed by atoms with van der Waals surface area (Å²) in [6.45, 7) is 1.72. The molecule has 5 rings (SSSR count). The van der Waals surface area contributed by atoms with E-state index in [2.05, 4.69) is 15.5 Å². The second-order valence-electron chi connectivity index (χ2n) is 7.80. The maximum atomic E-state index is 14.0. The topological polar surface area (TPSA) is 54.2 Å². The smallest absolute Gasteiger partial charge is 0.258 e. The molecule has 10 heteroatoms. The van der Waals surface area contributed by atoms with Crippen molar-refractivity contribution in [3.05, 3.63) is 107 Å². The summed E-state index contributed by atoms with van der Waals surface area (Å²) < 4.78 is 60.1. The Labute approximate surface area is 202 Å². The molecular formula is C25H16F4N4OS. The number of halogens is 4. The van der Waals surface area contributed by atoms with Gasteiger partial charge in [0.1, 0.15) is 11.6 Å². The van der Waals surface area contributed by atoms with E-state index >= 15 is 0 Å². The first kappa shape index (κ1) is 22.7. The van der Waals surface area contributed by atoms with Crippen LogP contribution in [0.25, 0.3) is 17.0 Å². The first-order chi connectivity index (χ1) is 16.8. The lowest BCUT2D eigenvalue weighted by molar-refractivity contribution is 0.404. The van der Waals surface area contributed by atoms with Crippen LogP contribution in [0.1, 0.15) is 24.4 Å². The minimum atomic E-state index is -1.03. The molecule has 4 aromatic rings. The first-order valence-corrected chi connectivity index (χ1v) is 10.8. The summed E-state index contributed by atoms with van der Waals surface area (Å²) in [6, 6.07) is 14.2. The fourth-order valence-electron chi connectivity index (χ4n) is 3.91. The molecule has 1 N–H and O–H groups in total. The van der Waals surface area contributed by atoms with E-state index in [0.717, 1.165) is 12.1 Å². The molecule has 1 aliphatic rings. The molecule has 0 saturated heterocycles. The van der Waals surface area contributed by atoms with Crippen molar-refractivity contribution in [3.63, 3.8) is 0 Å². The standard InChI is InChI=1S/C25H16F4N4OS/c1-13-21(24-31-23(32-34-24)15-4-8-17(27)9-5-15)22(14-2-6-16(26)7-3-14)30-25(35)33(13)18-10-11-19(28)20(29)12-18/h2-12,22H,1H3,(H,30,35). The SMILES string of the molecule is CC1=C(c2nc(-c3ccc(F)cc3)no2)C(c2ccc(F)cc2)NC(=S)N1c1ccc(F)c(F)c1. The van der Waals surface area contributed by atoms with Crippen molar-refractivity contribution in [2.75, 3.05) is 4.90 Å². The predicted octanol–water partition coefficient (Wildman–Crippen LogP) is 6.16. The largest absolute Gasteiger partial charge is 0.351 e. The average molecular weight is 496 g/mol. The van der Waals surface area contributed by atoms with Crippen LogP contribution in [0, 0.1) is 23.3 Å². The maximum absolute atomic E-state index is 14.0. The molecule has 1 aliphatic heterocycles. The summed E-state index contributed by atoms with van der Waals surface area (Å²) in [5.74, 6) is -2.48. The Morgan fingerprint density at radius 1 is 0.886 bits per heavy atom. The number of hydrogen-bond acceptors (Lipinski definition) is 4. The van der Waals surface area contributed by atoms with Gasteiger partial charge in [-0.3, -0.25) is 4.90 Å². The number of nitrogens with zero attached hydrogens (tertiary/aromatic N) is 3. The van der Waals surface area contributed by atoms with Gasteiger partial charge in [-0.1, -0.05) is 17.3 Å². The molecule has 1 unspecified atom stereocenters. The Hall–Kier alpha value is -4.05. The number of allylic oxidation sites excluding steroid dienone is 1. The highest BCUT2D eigenvalue weighted by molar-refractivity contribution is 7.80. The Morgan fingerprint density at radius 3 is 2.20 bits per heavy atom. The zero-order valence-corrected chi connectivity index (χ0v) is 18.9. The molecule has 5 nitrogen and oxygen atoms in total. The van der Waals surface area contributed by atoms with E-state index in [1.807, 2.05) is 0 Å². The maximum Gasteiger partial charge on any atom is 0.258 e. The minimum absolute atomic E-state index is 0.124. The fraction of sp³-hybridized carbons (Fsp3) is 0.0800. The third-order valence-electron chi connectivity index (χ3n) is 5.61. The lowest BCUT2D eigenvalue weighted by atomic mass is 9.94. The molecule has 0 saturated carbocycles. The van der Waals surface area contributed by atoms with Gasteiger partial charge in [0.25, 0.3) is 5.89 Å². The molecule has 0 aliphatic carbocycles. The van der Waals surface area contributed by atoms with Crippen LogP contribution in [0.3, 0.4) is 0 Å². The number of thiocarbonyl (C=S) groups is 1. The van der Waals surface area contributed by atoms with Gasteiger partial charge in [-0.2, -0.15) is 4.98 Å². The van der Waals surface area contributed by atoms with E-state index in [1.54, 1.807) is 19.1 Å². The van der Waals surface area contributed by atoms with E-state index in [4.69, 9.17) is 16.7 Å². The third-order valence-corrected chi connectivity index (χ3v) is 5.91. The first-order valence-electron chi connectivity index (χ1n) is 10.4. The lowest BCUT2D eigenvalue weighted by Gasteiger charge is -2.37. The van der Waals surface area contributed by atoms with E-state index < -0.39 is 29.3 Å². The summed E-state index contributed by atoms with van der Waals surface area (Å²) in [5, 5.41) is 7.39.